The van der Waals surface area contributed by atoms with Gasteiger partial charge in [0.2, 0.25) is 6.79 Å². The van der Waals surface area contributed by atoms with Crippen molar-refractivity contribution in [2.45, 2.75) is 32.1 Å². The SMILES string of the molecule is CCOC(=O)C1CCN(C(=O)OCOc2ccc(Cl)cc2C(=O)Nc2cc(C(F)(F)F)cc(C(F)(F)F)c2)CC1. The smallest absolute Gasteiger partial charge is 0.416 e. The Hall–Kier alpha value is -3.68. The van der Waals surface area contributed by atoms with Crippen LogP contribution in [0.25, 0.3) is 0 Å². The van der Waals surface area contributed by atoms with Gasteiger partial charge in [0, 0.05) is 23.8 Å². The van der Waals surface area contributed by atoms with Crippen molar-refractivity contribution in [2.75, 3.05) is 31.8 Å². The molecule has 0 saturated carbocycles. The summed E-state index contributed by atoms with van der Waals surface area (Å²) in [6.07, 6.45) is -10.2. The van der Waals surface area contributed by atoms with Gasteiger partial charge in [0.15, 0.2) is 0 Å². The first kappa shape index (κ1) is 30.9. The summed E-state index contributed by atoms with van der Waals surface area (Å²) in [5, 5.41) is 2.01. The molecule has 0 atom stereocenters. The summed E-state index contributed by atoms with van der Waals surface area (Å²) < 4.78 is 94.3. The molecule has 3 rings (SSSR count). The number of hydrogen-bond acceptors (Lipinski definition) is 6. The van der Waals surface area contributed by atoms with E-state index in [2.05, 4.69) is 0 Å². The van der Waals surface area contributed by atoms with Crippen LogP contribution in [-0.2, 0) is 26.6 Å². The van der Waals surface area contributed by atoms with Gasteiger partial charge in [0.25, 0.3) is 5.91 Å². The fourth-order valence-electron chi connectivity index (χ4n) is 3.82. The topological polar surface area (TPSA) is 94.2 Å². The molecule has 1 N–H and O–H groups in total. The van der Waals surface area contributed by atoms with E-state index in [1.54, 1.807) is 6.92 Å². The molecule has 8 nitrogen and oxygen atoms in total. The summed E-state index contributed by atoms with van der Waals surface area (Å²) in [7, 11) is 0. The summed E-state index contributed by atoms with van der Waals surface area (Å²) >= 11 is 5.92. The number of ether oxygens (including phenoxy) is 3. The van der Waals surface area contributed by atoms with E-state index in [0.29, 0.717) is 25.0 Å². The van der Waals surface area contributed by atoms with Crippen molar-refractivity contribution in [2.24, 2.45) is 5.92 Å². The van der Waals surface area contributed by atoms with E-state index < -0.39 is 48.0 Å². The molecule has 1 saturated heterocycles. The summed E-state index contributed by atoms with van der Waals surface area (Å²) in [6.45, 7) is 1.72. The van der Waals surface area contributed by atoms with Crippen LogP contribution in [0.3, 0.4) is 0 Å². The fourth-order valence-corrected chi connectivity index (χ4v) is 4.00. The van der Waals surface area contributed by atoms with Gasteiger partial charge in [-0.1, -0.05) is 11.6 Å². The van der Waals surface area contributed by atoms with Crippen LogP contribution in [0.1, 0.15) is 41.3 Å². The maximum absolute atomic E-state index is 13.2. The number of carbonyl (C=O) groups is 3. The lowest BCUT2D eigenvalue weighted by atomic mass is 9.97. The first-order chi connectivity index (χ1) is 18.7. The van der Waals surface area contributed by atoms with Crippen LogP contribution in [0.4, 0.5) is 36.8 Å². The third kappa shape index (κ3) is 8.16. The number of esters is 1. The van der Waals surface area contributed by atoms with Crippen LogP contribution in [-0.4, -0.2) is 49.4 Å². The number of anilines is 1. The highest BCUT2D eigenvalue weighted by molar-refractivity contribution is 6.31. The van der Waals surface area contributed by atoms with Crippen molar-refractivity contribution in [3.05, 3.63) is 58.1 Å². The van der Waals surface area contributed by atoms with Gasteiger partial charge in [-0.15, -0.1) is 0 Å². The Balaban J connectivity index is 1.67. The Kier molecular flexibility index (Phi) is 9.77. The van der Waals surface area contributed by atoms with Gasteiger partial charge >= 0.3 is 24.4 Å². The summed E-state index contributed by atoms with van der Waals surface area (Å²) in [6, 6.07) is 4.23. The number of amides is 2. The molecule has 2 aromatic rings. The average Bonchev–Trinajstić information content (AvgIpc) is 2.88. The monoisotopic (exact) mass is 596 g/mol. The molecule has 0 aliphatic carbocycles. The first-order valence-corrected chi connectivity index (χ1v) is 12.2. The van der Waals surface area contributed by atoms with Crippen LogP contribution in [0, 0.1) is 5.92 Å². The lowest BCUT2D eigenvalue weighted by Crippen LogP contribution is -2.41. The first-order valence-electron chi connectivity index (χ1n) is 11.8. The normalized spacial score (nSPS) is 14.4. The maximum Gasteiger partial charge on any atom is 0.416 e. The maximum atomic E-state index is 13.2. The average molecular weight is 597 g/mol. The lowest BCUT2D eigenvalue weighted by Gasteiger charge is -2.30. The van der Waals surface area contributed by atoms with Gasteiger partial charge in [0.05, 0.1) is 29.2 Å². The molecule has 0 spiro atoms. The van der Waals surface area contributed by atoms with E-state index in [9.17, 15) is 40.7 Å². The van der Waals surface area contributed by atoms with Crippen molar-refractivity contribution in [1.29, 1.82) is 0 Å². The number of likely N-dealkylation sites (tertiary alicyclic amines) is 1. The van der Waals surface area contributed by atoms with E-state index in [1.807, 2.05) is 5.32 Å². The van der Waals surface area contributed by atoms with Crippen LogP contribution in [0.15, 0.2) is 36.4 Å². The van der Waals surface area contributed by atoms with Crippen molar-refractivity contribution >= 4 is 35.3 Å². The van der Waals surface area contributed by atoms with Crippen molar-refractivity contribution in [3.63, 3.8) is 0 Å². The quantitative estimate of drug-likeness (QED) is 0.227. The molecule has 2 aromatic carbocycles. The molecule has 40 heavy (non-hydrogen) atoms. The van der Waals surface area contributed by atoms with Crippen LogP contribution < -0.4 is 10.1 Å². The zero-order chi connectivity index (χ0) is 29.7. The minimum Gasteiger partial charge on any atom is -0.466 e. The molecule has 2 amide bonds. The van der Waals surface area contributed by atoms with Crippen LogP contribution in [0.5, 0.6) is 5.75 Å². The molecule has 218 valence electrons. The van der Waals surface area contributed by atoms with Gasteiger partial charge in [0.1, 0.15) is 5.75 Å². The third-order valence-corrected chi connectivity index (χ3v) is 6.04. The number of alkyl halides is 6. The molecule has 0 aromatic heterocycles. The second-order valence-corrected chi connectivity index (χ2v) is 9.01. The summed E-state index contributed by atoms with van der Waals surface area (Å²) in [4.78, 5) is 38.4. The van der Waals surface area contributed by atoms with Crippen LogP contribution in [0.2, 0.25) is 5.02 Å². The highest BCUT2D eigenvalue weighted by atomic mass is 35.5. The predicted molar refractivity (Wildman–Crippen MR) is 129 cm³/mol. The van der Waals surface area contributed by atoms with Crippen molar-refractivity contribution < 1.29 is 54.9 Å². The van der Waals surface area contributed by atoms with Crippen molar-refractivity contribution in [3.8, 4) is 5.75 Å². The standard InChI is InChI=1S/C25H23ClF6N2O6/c1-2-38-22(36)14-5-7-34(8-6-14)23(37)40-13-39-20-4-3-17(26)12-19(20)21(35)33-18-10-15(24(27,28)29)9-16(11-18)25(30,31)32/h3-4,9-12,14H,2,5-8,13H2,1H3,(H,33,35). The molecular formula is C25H23ClF6N2O6. The van der Waals surface area contributed by atoms with Gasteiger partial charge < -0.3 is 24.4 Å². The Morgan fingerprint density at radius 1 is 0.950 bits per heavy atom. The molecule has 0 bridgehead atoms. The van der Waals surface area contributed by atoms with E-state index >= 15 is 0 Å². The van der Waals surface area contributed by atoms with Crippen LogP contribution >= 0.6 is 11.6 Å². The molecule has 1 fully saturated rings. The number of rotatable bonds is 7. The number of piperidine rings is 1. The molecule has 15 heteroatoms. The van der Waals surface area contributed by atoms with Gasteiger partial charge in [-0.2, -0.15) is 26.3 Å². The molecular weight excluding hydrogens is 574 g/mol. The highest BCUT2D eigenvalue weighted by Crippen LogP contribution is 2.38. The number of halogens is 7. The number of nitrogens with zero attached hydrogens (tertiary/aromatic N) is 1. The number of benzene rings is 2. The molecule has 0 radical (unpaired) electrons. The minimum atomic E-state index is -5.11. The van der Waals surface area contributed by atoms with E-state index in [4.69, 9.17) is 25.8 Å². The van der Waals surface area contributed by atoms with Crippen molar-refractivity contribution in [1.82, 2.24) is 4.90 Å². The van der Waals surface area contributed by atoms with Gasteiger partial charge in [-0.25, -0.2) is 4.79 Å². The Morgan fingerprint density at radius 2 is 1.55 bits per heavy atom. The molecule has 1 aliphatic rings. The summed E-state index contributed by atoms with van der Waals surface area (Å²) in [5.41, 5.74) is -4.34. The zero-order valence-electron chi connectivity index (χ0n) is 20.8. The van der Waals surface area contributed by atoms with E-state index in [1.165, 1.54) is 17.0 Å². The molecule has 0 unspecified atom stereocenters. The fraction of sp³-hybridized carbons (Fsp3) is 0.400. The predicted octanol–water partition coefficient (Wildman–Crippen LogP) is 6.38. The Labute approximate surface area is 229 Å². The third-order valence-electron chi connectivity index (χ3n) is 5.80. The largest absolute Gasteiger partial charge is 0.466 e. The number of nitrogens with one attached hydrogen (secondary N) is 1. The van der Waals surface area contributed by atoms with E-state index in [-0.39, 0.29) is 54.0 Å². The van der Waals surface area contributed by atoms with Gasteiger partial charge in [-0.3, -0.25) is 9.59 Å². The van der Waals surface area contributed by atoms with E-state index in [0.717, 1.165) is 6.07 Å². The molecule has 1 heterocycles. The second kappa shape index (κ2) is 12.7. The Morgan fingerprint density at radius 3 is 2.10 bits per heavy atom. The Bertz CT molecular complexity index is 1210. The lowest BCUT2D eigenvalue weighted by molar-refractivity contribution is -0.149. The number of carbonyl (C=O) groups excluding carboxylic acids is 3. The minimum absolute atomic E-state index is 0.0130. The van der Waals surface area contributed by atoms with Gasteiger partial charge in [-0.05, 0) is 56.2 Å². The summed E-state index contributed by atoms with van der Waals surface area (Å²) in [5.74, 6) is -2.01. The zero-order valence-corrected chi connectivity index (χ0v) is 21.6. The molecule has 1 aliphatic heterocycles. The number of hydrogen-bond donors (Lipinski definition) is 1. The highest BCUT2D eigenvalue weighted by Gasteiger charge is 2.37. The second-order valence-electron chi connectivity index (χ2n) is 8.57.